The molecule has 24 heavy (non-hydrogen) atoms. The predicted molar refractivity (Wildman–Crippen MR) is 94.9 cm³/mol. The summed E-state index contributed by atoms with van der Waals surface area (Å²) in [6.45, 7) is 6.53. The molecule has 0 spiro atoms. The van der Waals surface area contributed by atoms with Crippen LogP contribution in [0.3, 0.4) is 0 Å². The molecule has 0 aromatic heterocycles. The Balaban J connectivity index is 1.90. The van der Waals surface area contributed by atoms with E-state index in [2.05, 4.69) is 16.3 Å². The Morgan fingerprint density at radius 1 is 1.12 bits per heavy atom. The van der Waals surface area contributed by atoms with E-state index in [9.17, 15) is 4.39 Å². The van der Waals surface area contributed by atoms with Crippen molar-refractivity contribution < 1.29 is 9.13 Å². The molecule has 1 aliphatic rings. The summed E-state index contributed by atoms with van der Waals surface area (Å²) in [6.07, 6.45) is 0.819. The average Bonchev–Trinajstić information content (AvgIpc) is 2.62. The van der Waals surface area contributed by atoms with Gasteiger partial charge in [0.25, 0.3) is 0 Å². The van der Waals surface area contributed by atoms with Gasteiger partial charge in [0.2, 0.25) is 0 Å². The molecule has 1 N–H and O–H groups in total. The van der Waals surface area contributed by atoms with Crippen LogP contribution >= 0.6 is 0 Å². The summed E-state index contributed by atoms with van der Waals surface area (Å²) in [5.74, 6) is 0.752. The van der Waals surface area contributed by atoms with Gasteiger partial charge < -0.3 is 10.1 Å². The summed E-state index contributed by atoms with van der Waals surface area (Å²) in [4.78, 5) is 2.44. The van der Waals surface area contributed by atoms with Crippen LogP contribution in [0.25, 0.3) is 0 Å². The van der Waals surface area contributed by atoms with Gasteiger partial charge in [-0.15, -0.1) is 0 Å². The number of halogens is 1. The third-order valence-electron chi connectivity index (χ3n) is 4.51. The first-order valence-corrected chi connectivity index (χ1v) is 8.69. The molecule has 2 aromatic rings. The molecule has 0 amide bonds. The highest BCUT2D eigenvalue weighted by Crippen LogP contribution is 2.30. The van der Waals surface area contributed by atoms with Gasteiger partial charge in [-0.05, 0) is 42.7 Å². The van der Waals surface area contributed by atoms with Crippen molar-refractivity contribution in [2.75, 3.05) is 32.8 Å². The molecule has 1 heterocycles. The summed E-state index contributed by atoms with van der Waals surface area (Å²) in [7, 11) is 0. The molecule has 1 aliphatic heterocycles. The van der Waals surface area contributed by atoms with Crippen molar-refractivity contribution in [3.05, 3.63) is 65.5 Å². The third kappa shape index (κ3) is 4.13. The maximum absolute atomic E-state index is 13.8. The SMILES string of the molecule is CCOc1ccccc1CC(c1cccc(F)c1)N1CCNCC1. The summed E-state index contributed by atoms with van der Waals surface area (Å²) in [6, 6.07) is 15.3. The molecule has 4 heteroatoms. The van der Waals surface area contributed by atoms with Gasteiger partial charge in [0.1, 0.15) is 11.6 Å². The van der Waals surface area contributed by atoms with Crippen LogP contribution in [0.1, 0.15) is 24.1 Å². The minimum Gasteiger partial charge on any atom is -0.494 e. The monoisotopic (exact) mass is 328 g/mol. The number of rotatable bonds is 6. The topological polar surface area (TPSA) is 24.5 Å². The van der Waals surface area contributed by atoms with Gasteiger partial charge in [0, 0.05) is 32.2 Å². The minimum atomic E-state index is -0.175. The fourth-order valence-electron chi connectivity index (χ4n) is 3.34. The Morgan fingerprint density at radius 2 is 1.92 bits per heavy atom. The van der Waals surface area contributed by atoms with Crippen LogP contribution in [0.15, 0.2) is 48.5 Å². The zero-order valence-corrected chi connectivity index (χ0v) is 14.2. The highest BCUT2D eigenvalue weighted by atomic mass is 19.1. The van der Waals surface area contributed by atoms with Gasteiger partial charge in [-0.2, -0.15) is 0 Å². The van der Waals surface area contributed by atoms with Crippen molar-refractivity contribution >= 4 is 0 Å². The highest BCUT2D eigenvalue weighted by molar-refractivity contribution is 5.35. The minimum absolute atomic E-state index is 0.157. The first kappa shape index (κ1) is 16.9. The Morgan fingerprint density at radius 3 is 2.67 bits per heavy atom. The van der Waals surface area contributed by atoms with Crippen molar-refractivity contribution in [1.29, 1.82) is 0 Å². The normalized spacial score (nSPS) is 16.8. The molecule has 3 nitrogen and oxygen atoms in total. The van der Waals surface area contributed by atoms with E-state index < -0.39 is 0 Å². The van der Waals surface area contributed by atoms with Crippen molar-refractivity contribution in [3.8, 4) is 5.75 Å². The van der Waals surface area contributed by atoms with Crippen LogP contribution in [0.5, 0.6) is 5.75 Å². The molecule has 0 aliphatic carbocycles. The summed E-state index contributed by atoms with van der Waals surface area (Å²) in [5, 5.41) is 3.39. The lowest BCUT2D eigenvalue weighted by molar-refractivity contribution is 0.171. The van der Waals surface area contributed by atoms with E-state index in [1.165, 1.54) is 11.6 Å². The Hall–Kier alpha value is -1.91. The van der Waals surface area contributed by atoms with Crippen LogP contribution in [0, 0.1) is 5.82 Å². The van der Waals surface area contributed by atoms with Gasteiger partial charge in [0.15, 0.2) is 0 Å². The number of ether oxygens (including phenoxy) is 1. The fourth-order valence-corrected chi connectivity index (χ4v) is 3.34. The molecule has 1 saturated heterocycles. The predicted octanol–water partition coefficient (Wildman–Crippen LogP) is 3.41. The number of nitrogens with one attached hydrogen (secondary N) is 1. The molecule has 0 saturated carbocycles. The van der Waals surface area contributed by atoms with Crippen LogP contribution in [0.2, 0.25) is 0 Å². The van der Waals surface area contributed by atoms with E-state index in [1.54, 1.807) is 12.1 Å². The Labute approximate surface area is 143 Å². The van der Waals surface area contributed by atoms with Crippen molar-refractivity contribution in [1.82, 2.24) is 10.2 Å². The first-order valence-electron chi connectivity index (χ1n) is 8.69. The van der Waals surface area contributed by atoms with E-state index in [4.69, 9.17) is 4.74 Å². The third-order valence-corrected chi connectivity index (χ3v) is 4.51. The second-order valence-electron chi connectivity index (χ2n) is 6.10. The van der Waals surface area contributed by atoms with E-state index in [1.807, 2.05) is 31.2 Å². The van der Waals surface area contributed by atoms with Gasteiger partial charge in [-0.1, -0.05) is 30.3 Å². The van der Waals surface area contributed by atoms with Gasteiger partial charge in [0.05, 0.1) is 6.61 Å². The molecule has 128 valence electrons. The fraction of sp³-hybridized carbons (Fsp3) is 0.400. The Kier molecular flexibility index (Phi) is 5.83. The van der Waals surface area contributed by atoms with Gasteiger partial charge in [-0.3, -0.25) is 4.90 Å². The van der Waals surface area contributed by atoms with Gasteiger partial charge in [-0.25, -0.2) is 4.39 Å². The molecule has 1 fully saturated rings. The smallest absolute Gasteiger partial charge is 0.123 e. The van der Waals surface area contributed by atoms with E-state index in [0.717, 1.165) is 43.9 Å². The van der Waals surface area contributed by atoms with E-state index >= 15 is 0 Å². The summed E-state index contributed by atoms with van der Waals surface area (Å²) >= 11 is 0. The summed E-state index contributed by atoms with van der Waals surface area (Å²) in [5.41, 5.74) is 2.20. The van der Waals surface area contributed by atoms with E-state index in [-0.39, 0.29) is 11.9 Å². The largest absolute Gasteiger partial charge is 0.494 e. The number of piperazine rings is 1. The van der Waals surface area contributed by atoms with Crippen LogP contribution in [-0.2, 0) is 6.42 Å². The molecule has 1 unspecified atom stereocenters. The average molecular weight is 328 g/mol. The Bertz CT molecular complexity index is 656. The van der Waals surface area contributed by atoms with Gasteiger partial charge >= 0.3 is 0 Å². The molecule has 2 aromatic carbocycles. The second kappa shape index (κ2) is 8.27. The molecule has 0 bridgehead atoms. The van der Waals surface area contributed by atoms with Crippen molar-refractivity contribution in [3.63, 3.8) is 0 Å². The highest BCUT2D eigenvalue weighted by Gasteiger charge is 2.24. The molecule has 3 rings (SSSR count). The zero-order valence-electron chi connectivity index (χ0n) is 14.2. The van der Waals surface area contributed by atoms with Crippen LogP contribution < -0.4 is 10.1 Å². The number of para-hydroxylation sites is 1. The van der Waals surface area contributed by atoms with Crippen molar-refractivity contribution in [2.24, 2.45) is 0 Å². The quantitative estimate of drug-likeness (QED) is 0.879. The first-order chi connectivity index (χ1) is 11.8. The lowest BCUT2D eigenvalue weighted by atomic mass is 9.96. The second-order valence-corrected chi connectivity index (χ2v) is 6.10. The van der Waals surface area contributed by atoms with Crippen LogP contribution in [-0.4, -0.2) is 37.7 Å². The maximum atomic E-state index is 13.8. The van der Waals surface area contributed by atoms with Crippen LogP contribution in [0.4, 0.5) is 4.39 Å². The lowest BCUT2D eigenvalue weighted by Gasteiger charge is -2.35. The van der Waals surface area contributed by atoms with Crippen molar-refractivity contribution in [2.45, 2.75) is 19.4 Å². The number of hydrogen-bond donors (Lipinski definition) is 1. The molecular weight excluding hydrogens is 303 g/mol. The maximum Gasteiger partial charge on any atom is 0.123 e. The molecule has 0 radical (unpaired) electrons. The zero-order chi connectivity index (χ0) is 16.8. The number of nitrogens with zero attached hydrogens (tertiary/aromatic N) is 1. The number of benzene rings is 2. The molecular formula is C20H25FN2O. The summed E-state index contributed by atoms with van der Waals surface area (Å²) < 4.78 is 19.6. The molecule has 1 atom stereocenters. The lowest BCUT2D eigenvalue weighted by Crippen LogP contribution is -2.45. The number of hydrogen-bond acceptors (Lipinski definition) is 3. The standard InChI is InChI=1S/C20H25FN2O/c1-2-24-20-9-4-3-6-17(20)15-19(23-12-10-22-11-13-23)16-7-5-8-18(21)14-16/h3-9,14,19,22H,2,10-13,15H2,1H3. The van der Waals surface area contributed by atoms with E-state index in [0.29, 0.717) is 6.61 Å².